The molecule has 0 saturated carbocycles. The number of carbonyl (C=O) groups excluding carboxylic acids is 1. The van der Waals surface area contributed by atoms with Crippen molar-refractivity contribution in [1.29, 1.82) is 0 Å². The number of nitrogens with one attached hydrogen (secondary N) is 1. The van der Waals surface area contributed by atoms with Crippen molar-refractivity contribution in [2.24, 2.45) is 0 Å². The van der Waals surface area contributed by atoms with Gasteiger partial charge in [-0.3, -0.25) is 4.79 Å². The maximum Gasteiger partial charge on any atom is 0.324 e. The van der Waals surface area contributed by atoms with Crippen molar-refractivity contribution in [1.82, 2.24) is 4.72 Å². The number of carbonyl (C=O) groups is 1. The molecule has 0 aliphatic carbocycles. The summed E-state index contributed by atoms with van der Waals surface area (Å²) in [5.74, 6) is -2.41. The van der Waals surface area contributed by atoms with Crippen molar-refractivity contribution in [2.75, 3.05) is 7.11 Å². The standard InChI is InChI=1S/C23H21F2NO5S/c1-30-21-12-11-17(13-19(21)25)15-31-23(27)20(14-16-7-3-2-4-8-16)26-32(28,29)22-10-6-5-9-18(22)24/h2-13,20,26H,14-15H2,1H3/t20-/m0/s1. The predicted octanol–water partition coefficient (Wildman–Crippen LogP) is 3.61. The van der Waals surface area contributed by atoms with Crippen LogP contribution >= 0.6 is 0 Å². The maximum atomic E-state index is 14.1. The first-order chi connectivity index (χ1) is 15.3. The summed E-state index contributed by atoms with van der Waals surface area (Å²) in [5, 5.41) is 0. The Bertz CT molecular complexity index is 1190. The van der Waals surface area contributed by atoms with Gasteiger partial charge in [-0.1, -0.05) is 48.5 Å². The fourth-order valence-corrected chi connectivity index (χ4v) is 4.25. The minimum absolute atomic E-state index is 0.0235. The molecule has 1 atom stereocenters. The van der Waals surface area contributed by atoms with E-state index in [1.54, 1.807) is 30.3 Å². The van der Waals surface area contributed by atoms with Crippen LogP contribution in [0, 0.1) is 11.6 Å². The van der Waals surface area contributed by atoms with Crippen molar-refractivity contribution < 1.29 is 31.5 Å². The van der Waals surface area contributed by atoms with E-state index < -0.39 is 38.6 Å². The number of ether oxygens (including phenoxy) is 2. The topological polar surface area (TPSA) is 81.7 Å². The molecule has 3 rings (SSSR count). The molecule has 9 heteroatoms. The highest BCUT2D eigenvalue weighted by atomic mass is 32.2. The molecule has 0 unspecified atom stereocenters. The van der Waals surface area contributed by atoms with Gasteiger partial charge in [-0.2, -0.15) is 4.72 Å². The van der Waals surface area contributed by atoms with Gasteiger partial charge in [0.05, 0.1) is 7.11 Å². The van der Waals surface area contributed by atoms with E-state index in [1.807, 2.05) is 0 Å². The van der Waals surface area contributed by atoms with Crippen LogP contribution in [0.15, 0.2) is 77.7 Å². The number of rotatable bonds is 9. The minimum atomic E-state index is -4.36. The van der Waals surface area contributed by atoms with Crippen LogP contribution in [0.1, 0.15) is 11.1 Å². The summed E-state index contributed by atoms with van der Waals surface area (Å²) >= 11 is 0. The Morgan fingerprint density at radius 2 is 1.62 bits per heavy atom. The van der Waals surface area contributed by atoms with E-state index in [4.69, 9.17) is 9.47 Å². The fourth-order valence-electron chi connectivity index (χ4n) is 2.99. The Labute approximate surface area is 184 Å². The molecule has 6 nitrogen and oxygen atoms in total. The lowest BCUT2D eigenvalue weighted by atomic mass is 10.1. The zero-order valence-electron chi connectivity index (χ0n) is 17.1. The molecular weight excluding hydrogens is 440 g/mol. The predicted molar refractivity (Wildman–Crippen MR) is 113 cm³/mol. The first-order valence-electron chi connectivity index (χ1n) is 9.60. The lowest BCUT2D eigenvalue weighted by molar-refractivity contribution is -0.147. The Morgan fingerprint density at radius 1 is 0.938 bits per heavy atom. The summed E-state index contributed by atoms with van der Waals surface area (Å²) in [5.41, 5.74) is 1.02. The van der Waals surface area contributed by atoms with Gasteiger partial charge in [-0.05, 0) is 41.8 Å². The van der Waals surface area contributed by atoms with Crippen molar-refractivity contribution in [3.05, 3.63) is 95.6 Å². The third-order valence-electron chi connectivity index (χ3n) is 4.59. The third-order valence-corrected chi connectivity index (χ3v) is 6.09. The summed E-state index contributed by atoms with van der Waals surface area (Å²) in [6.45, 7) is -0.285. The highest BCUT2D eigenvalue weighted by Crippen LogP contribution is 2.19. The molecule has 0 bridgehead atoms. The number of methoxy groups -OCH3 is 1. The molecule has 0 fully saturated rings. The Morgan fingerprint density at radius 3 is 2.28 bits per heavy atom. The van der Waals surface area contributed by atoms with Gasteiger partial charge in [-0.15, -0.1) is 0 Å². The number of hydrogen-bond donors (Lipinski definition) is 1. The number of sulfonamides is 1. The molecule has 0 spiro atoms. The van der Waals surface area contributed by atoms with Gasteiger partial charge in [0.2, 0.25) is 10.0 Å². The fraction of sp³-hybridized carbons (Fsp3) is 0.174. The van der Waals surface area contributed by atoms with Crippen LogP contribution in [0.3, 0.4) is 0 Å². The van der Waals surface area contributed by atoms with Crippen molar-refractivity contribution in [3.63, 3.8) is 0 Å². The van der Waals surface area contributed by atoms with E-state index in [1.165, 1.54) is 31.4 Å². The molecule has 0 aliphatic heterocycles. The van der Waals surface area contributed by atoms with Crippen molar-refractivity contribution in [2.45, 2.75) is 24.0 Å². The lowest BCUT2D eigenvalue weighted by Gasteiger charge is -2.18. The van der Waals surface area contributed by atoms with Crippen LogP contribution < -0.4 is 9.46 Å². The molecule has 168 valence electrons. The van der Waals surface area contributed by atoms with Crippen molar-refractivity contribution >= 4 is 16.0 Å². The monoisotopic (exact) mass is 461 g/mol. The van der Waals surface area contributed by atoms with Gasteiger partial charge in [0.1, 0.15) is 23.4 Å². The summed E-state index contributed by atoms with van der Waals surface area (Å²) in [6.07, 6.45) is -0.0235. The maximum absolute atomic E-state index is 14.1. The van der Waals surface area contributed by atoms with Crippen LogP contribution in [0.25, 0.3) is 0 Å². The summed E-state index contributed by atoms with van der Waals surface area (Å²) in [7, 11) is -3.03. The van der Waals surface area contributed by atoms with Gasteiger partial charge in [0, 0.05) is 0 Å². The smallest absolute Gasteiger partial charge is 0.324 e. The lowest BCUT2D eigenvalue weighted by Crippen LogP contribution is -2.43. The molecule has 0 heterocycles. The summed E-state index contributed by atoms with van der Waals surface area (Å²) in [4.78, 5) is 12.2. The van der Waals surface area contributed by atoms with E-state index in [0.29, 0.717) is 11.1 Å². The zero-order chi connectivity index (χ0) is 23.1. The molecular formula is C23H21F2NO5S. The van der Waals surface area contributed by atoms with E-state index in [-0.39, 0.29) is 18.8 Å². The number of hydrogen-bond acceptors (Lipinski definition) is 5. The molecule has 0 amide bonds. The normalized spacial score (nSPS) is 12.2. The second-order valence-electron chi connectivity index (χ2n) is 6.87. The quantitative estimate of drug-likeness (QED) is 0.493. The van der Waals surface area contributed by atoms with Gasteiger partial charge in [0.25, 0.3) is 0 Å². The molecule has 3 aromatic carbocycles. The molecule has 0 aromatic heterocycles. The Kier molecular flexibility index (Phi) is 7.55. The third kappa shape index (κ3) is 5.89. The van der Waals surface area contributed by atoms with Gasteiger partial charge in [0.15, 0.2) is 11.6 Å². The molecule has 0 aliphatic rings. The van der Waals surface area contributed by atoms with Crippen LogP contribution in [-0.2, 0) is 32.6 Å². The van der Waals surface area contributed by atoms with Gasteiger partial charge < -0.3 is 9.47 Å². The zero-order valence-corrected chi connectivity index (χ0v) is 17.9. The van der Waals surface area contributed by atoms with Gasteiger partial charge >= 0.3 is 5.97 Å². The van der Waals surface area contributed by atoms with E-state index >= 15 is 0 Å². The van der Waals surface area contributed by atoms with E-state index in [2.05, 4.69) is 4.72 Å². The van der Waals surface area contributed by atoms with Gasteiger partial charge in [-0.25, -0.2) is 17.2 Å². The molecule has 0 saturated heterocycles. The number of esters is 1. The molecule has 1 N–H and O–H groups in total. The van der Waals surface area contributed by atoms with Crippen LogP contribution in [0.2, 0.25) is 0 Å². The summed E-state index contributed by atoms with van der Waals surface area (Å²) in [6, 6.07) is 16.3. The largest absolute Gasteiger partial charge is 0.494 e. The second-order valence-corrected chi connectivity index (χ2v) is 8.55. The first kappa shape index (κ1) is 23.4. The SMILES string of the molecule is COc1ccc(COC(=O)[C@H](Cc2ccccc2)NS(=O)(=O)c2ccccc2F)cc1F. The Balaban J connectivity index is 1.80. The van der Waals surface area contributed by atoms with Crippen LogP contribution in [0.4, 0.5) is 8.78 Å². The summed E-state index contributed by atoms with van der Waals surface area (Å²) < 4.78 is 65.7. The van der Waals surface area contributed by atoms with Crippen molar-refractivity contribution in [3.8, 4) is 5.75 Å². The molecule has 32 heavy (non-hydrogen) atoms. The Hall–Kier alpha value is -3.30. The highest BCUT2D eigenvalue weighted by Gasteiger charge is 2.29. The molecule has 0 radical (unpaired) electrons. The average molecular weight is 461 g/mol. The molecule has 3 aromatic rings. The van der Waals surface area contributed by atoms with Crippen LogP contribution in [0.5, 0.6) is 5.75 Å². The number of halogens is 2. The average Bonchev–Trinajstić information content (AvgIpc) is 2.78. The first-order valence-corrected chi connectivity index (χ1v) is 11.1. The van der Waals surface area contributed by atoms with E-state index in [0.717, 1.165) is 18.2 Å². The minimum Gasteiger partial charge on any atom is -0.494 e. The van der Waals surface area contributed by atoms with E-state index in [9.17, 15) is 22.0 Å². The van der Waals surface area contributed by atoms with Crippen LogP contribution in [-0.4, -0.2) is 27.5 Å². The second kappa shape index (κ2) is 10.3. The number of benzene rings is 3. The highest BCUT2D eigenvalue weighted by molar-refractivity contribution is 7.89.